The normalized spacial score (nSPS) is 11.3. The largest absolute Gasteiger partial charge is 0.497 e. The van der Waals surface area contributed by atoms with Crippen LogP contribution in [-0.2, 0) is 26.7 Å². The quantitative estimate of drug-likeness (QED) is 0.0742. The summed E-state index contributed by atoms with van der Waals surface area (Å²) in [4.78, 5) is 124. The SMILES string of the molecule is CCn1ccc2cc(C=O)ccc21.COc1ccc(Cn2ccc3cc(C=O)ccc32)cc1.Cc1ccc(Cn2ccc3cc(C=O)ccc32)cc1.Cn1ccc2cc(C=O)ccc21.O=Cc1ccc2[nH]ccc2c1.O=Cc1ccc2c(ccn2-c2ccc(F)cc2)c1.O=Cc1ccc2c(ccn2-c2ccccc2)c1.O=Cc1ccc2c(ccn2C(=O)C2CCCC2)c1.O=Cc1ccc2c(ccn2C(=O)c2ccccc2)c1. The summed E-state index contributed by atoms with van der Waals surface area (Å²) in [6.45, 7) is 6.81. The molecule has 0 atom stereocenters. The number of H-pyrrole nitrogens is 1. The number of carbonyl (C=O) groups is 11. The molecule has 0 radical (unpaired) electrons. The summed E-state index contributed by atoms with van der Waals surface area (Å²) in [6.07, 6.45) is 29.5. The number of benzene rings is 14. The number of ether oxygens (including phenoxy) is 1. The van der Waals surface area contributed by atoms with E-state index >= 15 is 0 Å². The van der Waals surface area contributed by atoms with Gasteiger partial charge in [0.2, 0.25) is 5.91 Å². The molecule has 0 spiro atoms. The van der Waals surface area contributed by atoms with Crippen LogP contribution in [0.3, 0.4) is 0 Å². The second-order valence-corrected chi connectivity index (χ2v) is 35.2. The molecule has 14 aromatic carbocycles. The van der Waals surface area contributed by atoms with Gasteiger partial charge in [-0.2, -0.15) is 0 Å². The van der Waals surface area contributed by atoms with Gasteiger partial charge in [-0.15, -0.1) is 0 Å². The van der Waals surface area contributed by atoms with Gasteiger partial charge in [0.1, 0.15) is 68.1 Å². The van der Waals surface area contributed by atoms with E-state index in [1.54, 1.807) is 83.1 Å². The van der Waals surface area contributed by atoms with Crippen molar-refractivity contribution in [3.8, 4) is 17.1 Å². The van der Waals surface area contributed by atoms with Crippen LogP contribution in [0.15, 0.2) is 408 Å². The van der Waals surface area contributed by atoms with Gasteiger partial charge in [0.05, 0.1) is 29.2 Å². The van der Waals surface area contributed by atoms with E-state index in [2.05, 4.69) is 97.9 Å². The van der Waals surface area contributed by atoms with Gasteiger partial charge in [0, 0.05) is 231 Å². The molecule has 0 amide bonds. The van der Waals surface area contributed by atoms with Gasteiger partial charge < -0.3 is 37.1 Å². The summed E-state index contributed by atoms with van der Waals surface area (Å²) >= 11 is 0. The minimum Gasteiger partial charge on any atom is -0.497 e. The molecular formula is C125H104FN9O12. The zero-order chi connectivity index (χ0) is 103. The zero-order valence-electron chi connectivity index (χ0n) is 81.3. The highest BCUT2D eigenvalue weighted by atomic mass is 19.1. The first kappa shape index (κ1) is 101. The highest BCUT2D eigenvalue weighted by Crippen LogP contribution is 2.32. The second-order valence-electron chi connectivity index (χ2n) is 35.2. The topological polar surface area (TPSA) is 252 Å². The standard InChI is InChI=1S/C17H15NO2.C17H15NO.C16H11NO2.C15H10FNO.C15H15NO2.C15H11NO.C11H11NO.C10H9NO.C9H7NO/c1-20-16-5-2-13(3-6-16)11-18-9-8-15-10-14(12-19)4-7-17(15)18;1-13-2-4-14(5-3-13)11-18-9-8-16-10-15(12-19)6-7-17(16)18;18-11-12-6-7-15-14(10-12)8-9-17(15)16(19)13-4-2-1-3-5-13;16-13-2-4-14(5-3-13)17-8-7-12-9-11(10-18)1-6-15(12)17;17-10-11-5-6-14-13(9-11)7-8-16(14)15(18)12-3-1-2-4-12;17-11-12-6-7-15-13(10-12)8-9-16(15)14-4-2-1-3-5-14;1-2-12-6-5-10-7-9(8-13)3-4-11(10)12;1-11-5-4-9-6-8(7-12)2-3-10(9)11;11-6-7-1-2-9-8(5-7)3-4-10-9/h2-10,12H,11H2,1H3;2-10,12H,11H2,1H3;1-11H;1-10H;5-10,12H,1-4H2;1-11H;3-8H,2H2,1H3;2-7H,1H3;1-6,10H. The molecule has 9 aromatic heterocycles. The lowest BCUT2D eigenvalue weighted by Crippen LogP contribution is -2.18. The van der Waals surface area contributed by atoms with Crippen molar-refractivity contribution in [2.45, 2.75) is 59.2 Å². The fourth-order valence-corrected chi connectivity index (χ4v) is 17.8. The van der Waals surface area contributed by atoms with Gasteiger partial charge in [0.25, 0.3) is 5.91 Å². The molecule has 1 fully saturated rings. The van der Waals surface area contributed by atoms with Crippen LogP contribution >= 0.6 is 0 Å². The first-order valence-electron chi connectivity index (χ1n) is 47.9. The van der Waals surface area contributed by atoms with Crippen molar-refractivity contribution in [1.29, 1.82) is 0 Å². The number of aldehydes is 9. The molecule has 22 heteroatoms. The maximum absolute atomic E-state index is 12.9. The second kappa shape index (κ2) is 48.5. The number of para-hydroxylation sites is 1. The summed E-state index contributed by atoms with van der Waals surface area (Å²) < 4.78 is 34.0. The number of nitrogens with zero attached hydrogens (tertiary/aromatic N) is 8. The van der Waals surface area contributed by atoms with Gasteiger partial charge in [-0.1, -0.05) is 91.2 Å². The lowest BCUT2D eigenvalue weighted by atomic mass is 10.1. The molecule has 21 nitrogen and oxygen atoms in total. The summed E-state index contributed by atoms with van der Waals surface area (Å²) in [6, 6.07) is 110. The third-order valence-electron chi connectivity index (χ3n) is 25.6. The molecule has 23 aromatic rings. The van der Waals surface area contributed by atoms with Crippen LogP contribution in [0.1, 0.15) is 158 Å². The Hall–Kier alpha value is -19.0. The van der Waals surface area contributed by atoms with Crippen molar-refractivity contribution >= 4 is 167 Å². The number of nitrogens with one attached hydrogen (secondary N) is 1. The van der Waals surface area contributed by atoms with Crippen LogP contribution in [0.2, 0.25) is 0 Å². The van der Waals surface area contributed by atoms with Gasteiger partial charge in [-0.3, -0.25) is 61.9 Å². The maximum Gasteiger partial charge on any atom is 0.262 e. The molecule has 1 aliphatic carbocycles. The molecule has 0 saturated heterocycles. The first-order chi connectivity index (χ1) is 71.8. The average molecular weight is 1940 g/mol. The molecule has 0 aliphatic heterocycles. The Bertz CT molecular complexity index is 8620. The number of hydrogen-bond acceptors (Lipinski definition) is 12. The lowest BCUT2D eigenvalue weighted by Gasteiger charge is -2.09. The Morgan fingerprint density at radius 2 is 0.673 bits per heavy atom. The van der Waals surface area contributed by atoms with Crippen LogP contribution in [0.4, 0.5) is 4.39 Å². The van der Waals surface area contributed by atoms with Gasteiger partial charge in [0.15, 0.2) is 0 Å². The van der Waals surface area contributed by atoms with E-state index in [-0.39, 0.29) is 23.5 Å². The lowest BCUT2D eigenvalue weighted by molar-refractivity contribution is 0.0841. The maximum atomic E-state index is 12.9. The zero-order valence-corrected chi connectivity index (χ0v) is 81.3. The first-order valence-corrected chi connectivity index (χ1v) is 47.9. The van der Waals surface area contributed by atoms with Gasteiger partial charge in [-0.25, -0.2) is 4.39 Å². The van der Waals surface area contributed by atoms with Crippen molar-refractivity contribution in [2.75, 3.05) is 7.11 Å². The molecule has 728 valence electrons. The van der Waals surface area contributed by atoms with Crippen LogP contribution < -0.4 is 4.74 Å². The number of carbonyl (C=O) groups excluding carboxylic acids is 11. The van der Waals surface area contributed by atoms with Crippen molar-refractivity contribution in [3.63, 3.8) is 0 Å². The number of rotatable bonds is 19. The Morgan fingerprint density at radius 1 is 0.333 bits per heavy atom. The number of hydrogen-bond donors (Lipinski definition) is 1. The Morgan fingerprint density at radius 3 is 1.12 bits per heavy atom. The molecule has 0 bridgehead atoms. The van der Waals surface area contributed by atoms with Crippen LogP contribution in [0.5, 0.6) is 5.75 Å². The van der Waals surface area contributed by atoms with Crippen molar-refractivity contribution in [2.24, 2.45) is 13.0 Å². The van der Waals surface area contributed by atoms with Crippen molar-refractivity contribution in [1.82, 2.24) is 41.5 Å². The van der Waals surface area contributed by atoms with Crippen LogP contribution in [0, 0.1) is 18.7 Å². The van der Waals surface area contributed by atoms with Crippen LogP contribution in [-0.4, -0.2) is 117 Å². The number of fused-ring (bicyclic) bond motifs is 9. The predicted octanol–water partition coefficient (Wildman–Crippen LogP) is 27.2. The number of methoxy groups -OCH3 is 1. The van der Waals surface area contributed by atoms with E-state index in [9.17, 15) is 57.1 Å². The number of aromatic nitrogens is 9. The van der Waals surface area contributed by atoms with Gasteiger partial charge >= 0.3 is 0 Å². The van der Waals surface area contributed by atoms with E-state index in [1.807, 2.05) is 284 Å². The predicted molar refractivity (Wildman–Crippen MR) is 583 cm³/mol. The monoisotopic (exact) mass is 1940 g/mol. The Kier molecular flexibility index (Phi) is 33.3. The number of halogens is 1. The van der Waals surface area contributed by atoms with E-state index in [4.69, 9.17) is 4.74 Å². The molecule has 1 N–H and O–H groups in total. The van der Waals surface area contributed by atoms with Crippen molar-refractivity contribution < 1.29 is 61.9 Å². The summed E-state index contributed by atoms with van der Waals surface area (Å²) in [5, 5.41) is 9.42. The Balaban J connectivity index is 0.000000119. The summed E-state index contributed by atoms with van der Waals surface area (Å²) in [7, 11) is 3.65. The van der Waals surface area contributed by atoms with E-state index < -0.39 is 0 Å². The highest BCUT2D eigenvalue weighted by molar-refractivity contribution is 6.03. The Labute approximate surface area is 846 Å². The smallest absolute Gasteiger partial charge is 0.262 e. The number of aromatic amines is 1. The van der Waals surface area contributed by atoms with E-state index in [1.165, 1.54) is 34.3 Å². The summed E-state index contributed by atoms with van der Waals surface area (Å²) in [5.74, 6) is 0.905. The third-order valence-corrected chi connectivity index (χ3v) is 25.6. The third kappa shape index (κ3) is 24.8. The molecule has 24 rings (SSSR count). The molecule has 147 heavy (non-hydrogen) atoms. The number of aryl methyl sites for hydroxylation is 3. The fraction of sp³-hybridized carbons (Fsp3) is 0.0960. The van der Waals surface area contributed by atoms with E-state index in [0.717, 1.165) is 234 Å². The highest BCUT2D eigenvalue weighted by Gasteiger charge is 2.25. The molecule has 1 saturated carbocycles. The van der Waals surface area contributed by atoms with Crippen molar-refractivity contribution in [3.05, 3.63) is 486 Å². The summed E-state index contributed by atoms with van der Waals surface area (Å²) in [5.41, 5.74) is 22.2. The minimum atomic E-state index is -0.251. The minimum absolute atomic E-state index is 0.0746. The molecular weight excluding hydrogens is 1840 g/mol. The van der Waals surface area contributed by atoms with E-state index in [0.29, 0.717) is 33.4 Å². The molecule has 0 unspecified atom stereocenters. The average Bonchev–Trinajstić information content (AvgIpc) is 1.64. The van der Waals surface area contributed by atoms with Crippen LogP contribution in [0.25, 0.3) is 110 Å². The molecule has 9 heterocycles. The molecule has 1 aliphatic rings. The van der Waals surface area contributed by atoms with Gasteiger partial charge in [-0.05, 0) is 317 Å². The fourth-order valence-electron chi connectivity index (χ4n) is 17.8.